The molecule has 2 heterocycles. The van der Waals surface area contributed by atoms with E-state index in [1.165, 1.54) is 0 Å². The predicted octanol–water partition coefficient (Wildman–Crippen LogP) is 2.35. The molecule has 1 aliphatic heterocycles. The Morgan fingerprint density at radius 3 is 2.70 bits per heavy atom. The van der Waals surface area contributed by atoms with Crippen LogP contribution in [0.5, 0.6) is 5.75 Å². The highest BCUT2D eigenvalue weighted by atomic mass is 16.5. The zero-order valence-corrected chi connectivity index (χ0v) is 13.5. The van der Waals surface area contributed by atoms with Gasteiger partial charge in [-0.05, 0) is 37.2 Å². The van der Waals surface area contributed by atoms with Gasteiger partial charge in [0.1, 0.15) is 5.75 Å². The highest BCUT2D eigenvalue weighted by molar-refractivity contribution is 5.87. The van der Waals surface area contributed by atoms with Crippen LogP contribution < -0.4 is 4.74 Å². The van der Waals surface area contributed by atoms with Crippen molar-refractivity contribution in [1.82, 2.24) is 14.7 Å². The summed E-state index contributed by atoms with van der Waals surface area (Å²) in [4.78, 5) is 13.9. The Morgan fingerprint density at radius 2 is 2.09 bits per heavy atom. The fourth-order valence-electron chi connectivity index (χ4n) is 3.09. The SMILES string of the molecule is CCCN1CCc2c(c(C(=O)O)nn2-c2ccc(OC)cc2)C1. The minimum absolute atomic E-state index is 0.164. The van der Waals surface area contributed by atoms with Crippen molar-refractivity contribution in [2.45, 2.75) is 26.3 Å². The van der Waals surface area contributed by atoms with Crippen LogP contribution in [-0.4, -0.2) is 46.0 Å². The molecule has 1 aromatic heterocycles. The second-order valence-corrected chi connectivity index (χ2v) is 5.71. The van der Waals surface area contributed by atoms with E-state index in [2.05, 4.69) is 16.9 Å². The smallest absolute Gasteiger partial charge is 0.356 e. The Bertz CT molecular complexity index is 707. The zero-order chi connectivity index (χ0) is 16.4. The van der Waals surface area contributed by atoms with Crippen molar-refractivity contribution in [3.63, 3.8) is 0 Å². The molecular weight excluding hydrogens is 294 g/mol. The molecular formula is C17H21N3O3. The first-order chi connectivity index (χ1) is 11.1. The molecule has 122 valence electrons. The number of hydrogen-bond donors (Lipinski definition) is 1. The van der Waals surface area contributed by atoms with Crippen molar-refractivity contribution in [3.8, 4) is 11.4 Å². The van der Waals surface area contributed by atoms with E-state index in [4.69, 9.17) is 4.74 Å². The number of methoxy groups -OCH3 is 1. The van der Waals surface area contributed by atoms with E-state index in [1.54, 1.807) is 11.8 Å². The molecule has 6 nitrogen and oxygen atoms in total. The second kappa shape index (κ2) is 6.42. The average molecular weight is 315 g/mol. The monoisotopic (exact) mass is 315 g/mol. The lowest BCUT2D eigenvalue weighted by Gasteiger charge is -2.27. The first-order valence-corrected chi connectivity index (χ1v) is 7.85. The van der Waals surface area contributed by atoms with Crippen molar-refractivity contribution in [2.75, 3.05) is 20.2 Å². The molecule has 0 unspecified atom stereocenters. The first kappa shape index (κ1) is 15.6. The van der Waals surface area contributed by atoms with E-state index in [0.717, 1.165) is 48.6 Å². The molecule has 0 radical (unpaired) electrons. The van der Waals surface area contributed by atoms with E-state index in [1.807, 2.05) is 24.3 Å². The minimum Gasteiger partial charge on any atom is -0.497 e. The van der Waals surface area contributed by atoms with Crippen LogP contribution in [0.1, 0.15) is 35.1 Å². The number of carboxylic acid groups (broad SMARTS) is 1. The lowest BCUT2D eigenvalue weighted by Crippen LogP contribution is -2.32. The molecule has 0 saturated carbocycles. The molecule has 0 saturated heterocycles. The summed E-state index contributed by atoms with van der Waals surface area (Å²) in [5.41, 5.74) is 2.86. The summed E-state index contributed by atoms with van der Waals surface area (Å²) in [5, 5.41) is 13.8. The van der Waals surface area contributed by atoms with Gasteiger partial charge in [-0.15, -0.1) is 0 Å². The average Bonchev–Trinajstić information content (AvgIpc) is 2.94. The quantitative estimate of drug-likeness (QED) is 0.917. The summed E-state index contributed by atoms with van der Waals surface area (Å²) in [5.74, 6) is -0.200. The Morgan fingerprint density at radius 1 is 1.35 bits per heavy atom. The van der Waals surface area contributed by atoms with Gasteiger partial charge in [-0.1, -0.05) is 6.92 Å². The molecule has 0 atom stereocenters. The molecule has 0 bridgehead atoms. The van der Waals surface area contributed by atoms with E-state index in [9.17, 15) is 9.90 Å². The van der Waals surface area contributed by atoms with Crippen LogP contribution in [0.15, 0.2) is 24.3 Å². The molecule has 1 aromatic carbocycles. The van der Waals surface area contributed by atoms with Crippen molar-refractivity contribution < 1.29 is 14.6 Å². The second-order valence-electron chi connectivity index (χ2n) is 5.71. The minimum atomic E-state index is -0.966. The number of ether oxygens (including phenoxy) is 1. The summed E-state index contributed by atoms with van der Waals surface area (Å²) in [6, 6.07) is 7.51. The molecule has 23 heavy (non-hydrogen) atoms. The number of carboxylic acids is 1. The van der Waals surface area contributed by atoms with Crippen molar-refractivity contribution in [2.24, 2.45) is 0 Å². The number of rotatable bonds is 5. The molecule has 6 heteroatoms. The Balaban J connectivity index is 2.02. The Hall–Kier alpha value is -2.34. The van der Waals surface area contributed by atoms with Crippen LogP contribution in [0, 0.1) is 0 Å². The number of aromatic nitrogens is 2. The largest absolute Gasteiger partial charge is 0.497 e. The number of benzene rings is 1. The molecule has 0 fully saturated rings. The predicted molar refractivity (Wildman–Crippen MR) is 86.3 cm³/mol. The molecule has 1 aliphatic rings. The maximum atomic E-state index is 11.6. The maximum Gasteiger partial charge on any atom is 0.356 e. The van der Waals surface area contributed by atoms with Gasteiger partial charge in [0, 0.05) is 25.1 Å². The first-order valence-electron chi connectivity index (χ1n) is 7.85. The Labute approximate surface area is 135 Å². The maximum absolute atomic E-state index is 11.6. The fourth-order valence-corrected chi connectivity index (χ4v) is 3.09. The van der Waals surface area contributed by atoms with Gasteiger partial charge >= 0.3 is 5.97 Å². The number of aromatic carboxylic acids is 1. The van der Waals surface area contributed by atoms with Gasteiger partial charge in [0.25, 0.3) is 0 Å². The van der Waals surface area contributed by atoms with Gasteiger partial charge in [-0.3, -0.25) is 4.90 Å². The van der Waals surface area contributed by atoms with Gasteiger partial charge < -0.3 is 9.84 Å². The van der Waals surface area contributed by atoms with Crippen molar-refractivity contribution >= 4 is 5.97 Å². The van der Waals surface area contributed by atoms with E-state index in [-0.39, 0.29) is 5.69 Å². The number of carbonyl (C=O) groups is 1. The fraction of sp³-hybridized carbons (Fsp3) is 0.412. The third kappa shape index (κ3) is 2.94. The summed E-state index contributed by atoms with van der Waals surface area (Å²) in [7, 11) is 1.62. The van der Waals surface area contributed by atoms with E-state index in [0.29, 0.717) is 6.54 Å². The van der Waals surface area contributed by atoms with Gasteiger partial charge in [0.15, 0.2) is 5.69 Å². The van der Waals surface area contributed by atoms with E-state index >= 15 is 0 Å². The summed E-state index contributed by atoms with van der Waals surface area (Å²) < 4.78 is 6.94. The van der Waals surface area contributed by atoms with Crippen LogP contribution in [0.3, 0.4) is 0 Å². The topological polar surface area (TPSA) is 67.6 Å². The third-order valence-corrected chi connectivity index (χ3v) is 4.20. The van der Waals surface area contributed by atoms with Gasteiger partial charge in [0.05, 0.1) is 18.5 Å². The molecule has 2 aromatic rings. The standard InChI is InChI=1S/C17H21N3O3/c1-3-9-19-10-8-15-14(11-19)16(17(21)22)18-20(15)12-4-6-13(23-2)7-5-12/h4-7H,3,8-11H2,1-2H3,(H,21,22). The number of fused-ring (bicyclic) bond motifs is 1. The third-order valence-electron chi connectivity index (χ3n) is 4.20. The summed E-state index contributed by atoms with van der Waals surface area (Å²) >= 11 is 0. The molecule has 0 amide bonds. The molecule has 0 aliphatic carbocycles. The van der Waals surface area contributed by atoms with Crippen molar-refractivity contribution in [3.05, 3.63) is 41.2 Å². The van der Waals surface area contributed by atoms with Gasteiger partial charge in [0.2, 0.25) is 0 Å². The van der Waals surface area contributed by atoms with Gasteiger partial charge in [-0.25, -0.2) is 9.48 Å². The van der Waals surface area contributed by atoms with Crippen LogP contribution in [0.4, 0.5) is 0 Å². The van der Waals surface area contributed by atoms with Crippen molar-refractivity contribution in [1.29, 1.82) is 0 Å². The number of nitrogens with zero attached hydrogens (tertiary/aromatic N) is 3. The van der Waals surface area contributed by atoms with Gasteiger partial charge in [-0.2, -0.15) is 5.10 Å². The number of hydrogen-bond acceptors (Lipinski definition) is 4. The molecule has 0 spiro atoms. The normalized spacial score (nSPS) is 14.5. The Kier molecular flexibility index (Phi) is 4.34. The summed E-state index contributed by atoms with van der Waals surface area (Å²) in [6.45, 7) is 4.70. The lowest BCUT2D eigenvalue weighted by molar-refractivity contribution is 0.0687. The highest BCUT2D eigenvalue weighted by Crippen LogP contribution is 2.26. The van der Waals surface area contributed by atoms with Crippen LogP contribution in [0.25, 0.3) is 5.69 Å². The zero-order valence-electron chi connectivity index (χ0n) is 13.5. The molecule has 3 rings (SSSR count). The molecule has 1 N–H and O–H groups in total. The van der Waals surface area contributed by atoms with Crippen LogP contribution >= 0.6 is 0 Å². The highest BCUT2D eigenvalue weighted by Gasteiger charge is 2.28. The van der Waals surface area contributed by atoms with Crippen LogP contribution in [-0.2, 0) is 13.0 Å². The lowest BCUT2D eigenvalue weighted by atomic mass is 10.0. The van der Waals surface area contributed by atoms with E-state index < -0.39 is 5.97 Å². The van der Waals surface area contributed by atoms with Crippen LogP contribution in [0.2, 0.25) is 0 Å². The summed E-state index contributed by atoms with van der Waals surface area (Å²) in [6.07, 6.45) is 1.87.